The molecule has 8 heteroatoms. The predicted molar refractivity (Wildman–Crippen MR) is 119 cm³/mol. The van der Waals surface area contributed by atoms with Crippen molar-refractivity contribution >= 4 is 33.2 Å². The van der Waals surface area contributed by atoms with Gasteiger partial charge < -0.3 is 10.1 Å². The third-order valence-electron chi connectivity index (χ3n) is 5.04. The lowest BCUT2D eigenvalue weighted by Crippen LogP contribution is -2.35. The summed E-state index contributed by atoms with van der Waals surface area (Å²) in [6.07, 6.45) is 3.47. The van der Waals surface area contributed by atoms with E-state index in [2.05, 4.69) is 5.32 Å². The summed E-state index contributed by atoms with van der Waals surface area (Å²) in [6.45, 7) is 3.17. The van der Waals surface area contributed by atoms with Gasteiger partial charge in [-0.05, 0) is 56.0 Å². The van der Waals surface area contributed by atoms with E-state index < -0.39 is 10.0 Å². The number of sulfonamides is 1. The molecule has 0 radical (unpaired) electrons. The largest absolute Gasteiger partial charge is 0.492 e. The van der Waals surface area contributed by atoms with E-state index in [9.17, 15) is 13.2 Å². The van der Waals surface area contributed by atoms with Crippen molar-refractivity contribution in [2.45, 2.75) is 43.9 Å². The van der Waals surface area contributed by atoms with Gasteiger partial charge in [0.25, 0.3) is 0 Å². The van der Waals surface area contributed by atoms with Gasteiger partial charge in [-0.2, -0.15) is 4.31 Å². The van der Waals surface area contributed by atoms with Crippen LogP contribution in [-0.4, -0.2) is 38.3 Å². The van der Waals surface area contributed by atoms with Crippen LogP contribution >= 0.6 is 11.6 Å². The molecule has 0 bridgehead atoms. The molecule has 1 saturated heterocycles. The summed E-state index contributed by atoms with van der Waals surface area (Å²) >= 11 is 6.14. The highest BCUT2D eigenvalue weighted by molar-refractivity contribution is 7.89. The second-order valence-electron chi connectivity index (χ2n) is 7.20. The molecule has 1 aliphatic rings. The Hall–Kier alpha value is -2.09. The van der Waals surface area contributed by atoms with Crippen molar-refractivity contribution in [1.82, 2.24) is 4.31 Å². The van der Waals surface area contributed by atoms with Gasteiger partial charge >= 0.3 is 0 Å². The Bertz CT molecular complexity index is 988. The number of piperidine rings is 1. The average Bonchev–Trinajstić information content (AvgIpc) is 2.75. The maximum Gasteiger partial charge on any atom is 0.246 e. The Morgan fingerprint density at radius 2 is 1.87 bits per heavy atom. The van der Waals surface area contributed by atoms with Gasteiger partial charge in [0.05, 0.1) is 6.61 Å². The van der Waals surface area contributed by atoms with E-state index >= 15 is 0 Å². The van der Waals surface area contributed by atoms with Gasteiger partial charge in [-0.25, -0.2) is 8.42 Å². The van der Waals surface area contributed by atoms with Crippen molar-refractivity contribution in [3.63, 3.8) is 0 Å². The second-order valence-corrected chi connectivity index (χ2v) is 9.51. The molecule has 1 heterocycles. The summed E-state index contributed by atoms with van der Waals surface area (Å²) in [7, 11) is -3.69. The first kappa shape index (κ1) is 22.6. The number of anilines is 1. The molecule has 0 saturated carbocycles. The molecule has 6 nitrogen and oxygen atoms in total. The van der Waals surface area contributed by atoms with Crippen molar-refractivity contribution in [2.75, 3.05) is 25.0 Å². The first-order chi connectivity index (χ1) is 14.4. The highest BCUT2D eigenvalue weighted by Crippen LogP contribution is 2.31. The quantitative estimate of drug-likeness (QED) is 0.643. The van der Waals surface area contributed by atoms with Crippen molar-refractivity contribution < 1.29 is 17.9 Å². The molecule has 1 aliphatic heterocycles. The number of hydrogen-bond donors (Lipinski definition) is 1. The van der Waals surface area contributed by atoms with Gasteiger partial charge in [0.15, 0.2) is 0 Å². The Labute approximate surface area is 183 Å². The van der Waals surface area contributed by atoms with Gasteiger partial charge in [-0.3, -0.25) is 4.79 Å². The van der Waals surface area contributed by atoms with E-state index in [1.54, 1.807) is 18.2 Å². The van der Waals surface area contributed by atoms with Gasteiger partial charge in [0.1, 0.15) is 10.6 Å². The molecule has 162 valence electrons. The lowest BCUT2D eigenvalue weighted by atomic mass is 10.1. The van der Waals surface area contributed by atoms with E-state index in [0.29, 0.717) is 42.6 Å². The minimum Gasteiger partial charge on any atom is -0.492 e. The molecule has 0 atom stereocenters. The zero-order valence-electron chi connectivity index (χ0n) is 17.1. The molecule has 2 aromatic carbocycles. The maximum absolute atomic E-state index is 13.2. The molecule has 30 heavy (non-hydrogen) atoms. The number of nitrogens with zero attached hydrogens (tertiary/aromatic N) is 1. The molecule has 1 fully saturated rings. The number of halogens is 1. The smallest absolute Gasteiger partial charge is 0.246 e. The van der Waals surface area contributed by atoms with Gasteiger partial charge in [0.2, 0.25) is 15.9 Å². The number of carbonyl (C=O) groups is 1. The molecule has 3 rings (SSSR count). The number of ether oxygens (including phenoxy) is 1. The monoisotopic (exact) mass is 450 g/mol. The molecule has 1 N–H and O–H groups in total. The zero-order chi connectivity index (χ0) is 21.6. The fraction of sp³-hybridized carbons (Fsp3) is 0.409. The lowest BCUT2D eigenvalue weighted by molar-refractivity contribution is -0.116. The van der Waals surface area contributed by atoms with Gasteiger partial charge in [0, 0.05) is 30.2 Å². The number of hydrogen-bond acceptors (Lipinski definition) is 4. The Kier molecular flexibility index (Phi) is 7.75. The summed E-state index contributed by atoms with van der Waals surface area (Å²) in [5.74, 6) is 0.0949. The number of amides is 1. The highest BCUT2D eigenvalue weighted by Gasteiger charge is 2.29. The van der Waals surface area contributed by atoms with Crippen LogP contribution in [0.1, 0.15) is 38.2 Å². The fourth-order valence-electron chi connectivity index (χ4n) is 3.48. The van der Waals surface area contributed by atoms with Crippen LogP contribution in [0, 0.1) is 0 Å². The van der Waals surface area contributed by atoms with Crippen molar-refractivity contribution in [3.05, 3.63) is 53.1 Å². The van der Waals surface area contributed by atoms with E-state index in [-0.39, 0.29) is 17.2 Å². The predicted octanol–water partition coefficient (Wildman–Crippen LogP) is 4.48. The Balaban J connectivity index is 1.76. The van der Waals surface area contributed by atoms with Gasteiger partial charge in [-0.15, -0.1) is 0 Å². The van der Waals surface area contributed by atoms with Crippen LogP contribution in [0.3, 0.4) is 0 Å². The van der Waals surface area contributed by atoms with Crippen LogP contribution in [0.15, 0.2) is 47.4 Å². The zero-order valence-corrected chi connectivity index (χ0v) is 18.6. The summed E-state index contributed by atoms with van der Waals surface area (Å²) < 4.78 is 33.4. The molecule has 2 aromatic rings. The molecule has 1 amide bonds. The number of aryl methyl sites for hydroxylation is 1. The first-order valence-electron chi connectivity index (χ1n) is 10.2. The third-order valence-corrected chi connectivity index (χ3v) is 7.33. The Morgan fingerprint density at radius 3 is 2.57 bits per heavy atom. The SMILES string of the molecule is CCOc1ccc(NC(=O)CCc2ccccc2Cl)cc1S(=O)(=O)N1CCCCC1. The van der Waals surface area contributed by atoms with E-state index in [4.69, 9.17) is 16.3 Å². The summed E-state index contributed by atoms with van der Waals surface area (Å²) in [4.78, 5) is 12.5. The highest BCUT2D eigenvalue weighted by atomic mass is 35.5. The van der Waals surface area contributed by atoms with Gasteiger partial charge in [-0.1, -0.05) is 36.2 Å². The second kappa shape index (κ2) is 10.3. The molecule has 0 aromatic heterocycles. The number of nitrogens with one attached hydrogen (secondary N) is 1. The van der Waals surface area contributed by atoms with Crippen LogP contribution < -0.4 is 10.1 Å². The summed E-state index contributed by atoms with van der Waals surface area (Å²) in [5, 5.41) is 3.42. The fourth-order valence-corrected chi connectivity index (χ4v) is 5.38. The molecule has 0 unspecified atom stereocenters. The van der Waals surface area contributed by atoms with E-state index in [1.807, 2.05) is 25.1 Å². The summed E-state index contributed by atoms with van der Waals surface area (Å²) in [5.41, 5.74) is 1.33. The standard InChI is InChI=1S/C22H27ClN2O4S/c1-2-29-20-12-11-18(16-21(20)30(27,28)25-14-6-3-7-15-25)24-22(26)13-10-17-8-4-5-9-19(17)23/h4-5,8-9,11-12,16H,2-3,6-7,10,13-15H2,1H3,(H,24,26). The van der Waals surface area contributed by atoms with Crippen molar-refractivity contribution in [2.24, 2.45) is 0 Å². The van der Waals surface area contributed by atoms with Crippen LogP contribution in [0.5, 0.6) is 5.75 Å². The van der Waals surface area contributed by atoms with Crippen LogP contribution in [0.4, 0.5) is 5.69 Å². The average molecular weight is 451 g/mol. The molecular weight excluding hydrogens is 424 g/mol. The van der Waals surface area contributed by atoms with Crippen LogP contribution in [-0.2, 0) is 21.2 Å². The van der Waals surface area contributed by atoms with E-state index in [1.165, 1.54) is 10.4 Å². The molecular formula is C22H27ClN2O4S. The van der Waals surface area contributed by atoms with Crippen LogP contribution in [0.2, 0.25) is 5.02 Å². The molecule has 0 aliphatic carbocycles. The minimum atomic E-state index is -3.69. The van der Waals surface area contributed by atoms with Crippen LogP contribution in [0.25, 0.3) is 0 Å². The number of carbonyl (C=O) groups excluding carboxylic acids is 1. The third kappa shape index (κ3) is 5.53. The number of rotatable bonds is 8. The Morgan fingerprint density at radius 1 is 1.13 bits per heavy atom. The van der Waals surface area contributed by atoms with Crippen molar-refractivity contribution in [3.8, 4) is 5.75 Å². The van der Waals surface area contributed by atoms with E-state index in [0.717, 1.165) is 24.8 Å². The normalized spacial score (nSPS) is 15.0. The molecule has 0 spiro atoms. The summed E-state index contributed by atoms with van der Waals surface area (Å²) in [6, 6.07) is 12.1. The lowest BCUT2D eigenvalue weighted by Gasteiger charge is -2.27. The van der Waals surface area contributed by atoms with Crippen molar-refractivity contribution in [1.29, 1.82) is 0 Å². The number of benzene rings is 2. The maximum atomic E-state index is 13.2. The topological polar surface area (TPSA) is 75.7 Å². The minimum absolute atomic E-state index is 0.0927. The first-order valence-corrected chi connectivity index (χ1v) is 12.0.